The fraction of sp³-hybridized carbons (Fsp3) is 0.300. The molecule has 1 fully saturated rings. The molecule has 1 aliphatic heterocycles. The standard InChI is InChI=1S/C20H20F2N2O2S/c1-13-6-8-15(9-7-13)24-12-14(10-18(24)25)11-23-19(26)16-4-2-3-5-17(16)27-20(21)22/h2-9,14,20H,10-12H2,1H3,(H,23,26). The molecule has 1 N–H and O–H groups in total. The van der Waals surface area contributed by atoms with Crippen LogP contribution in [0.4, 0.5) is 14.5 Å². The first-order valence-corrected chi connectivity index (χ1v) is 9.51. The SMILES string of the molecule is Cc1ccc(N2CC(CNC(=O)c3ccccc3SC(F)F)CC2=O)cc1. The van der Waals surface area contributed by atoms with Crippen molar-refractivity contribution in [1.82, 2.24) is 5.32 Å². The van der Waals surface area contributed by atoms with Gasteiger partial charge in [0.1, 0.15) is 0 Å². The van der Waals surface area contributed by atoms with Crippen LogP contribution in [0.3, 0.4) is 0 Å². The van der Waals surface area contributed by atoms with Gasteiger partial charge in [0.25, 0.3) is 11.7 Å². The molecule has 1 aliphatic rings. The number of benzene rings is 2. The van der Waals surface area contributed by atoms with Crippen molar-refractivity contribution >= 4 is 29.3 Å². The van der Waals surface area contributed by atoms with Crippen LogP contribution in [0.15, 0.2) is 53.4 Å². The van der Waals surface area contributed by atoms with Gasteiger partial charge in [-0.2, -0.15) is 8.78 Å². The second-order valence-electron chi connectivity index (χ2n) is 6.49. The fourth-order valence-corrected chi connectivity index (χ4v) is 3.71. The van der Waals surface area contributed by atoms with E-state index >= 15 is 0 Å². The maximum atomic E-state index is 12.7. The summed E-state index contributed by atoms with van der Waals surface area (Å²) in [5.74, 6) is -2.99. The van der Waals surface area contributed by atoms with Crippen molar-refractivity contribution < 1.29 is 18.4 Å². The van der Waals surface area contributed by atoms with Gasteiger partial charge in [-0.1, -0.05) is 41.6 Å². The Hall–Kier alpha value is -2.41. The molecule has 0 radical (unpaired) electrons. The van der Waals surface area contributed by atoms with Gasteiger partial charge < -0.3 is 10.2 Å². The lowest BCUT2D eigenvalue weighted by Gasteiger charge is -2.17. The van der Waals surface area contributed by atoms with Crippen LogP contribution in [0, 0.1) is 12.8 Å². The van der Waals surface area contributed by atoms with Gasteiger partial charge in [-0.15, -0.1) is 0 Å². The van der Waals surface area contributed by atoms with Gasteiger partial charge in [0, 0.05) is 36.0 Å². The molecule has 2 aromatic carbocycles. The number of nitrogens with zero attached hydrogens (tertiary/aromatic N) is 1. The minimum atomic E-state index is -2.59. The Labute approximate surface area is 160 Å². The summed E-state index contributed by atoms with van der Waals surface area (Å²) in [6.07, 6.45) is 0.349. The van der Waals surface area contributed by atoms with Crippen molar-refractivity contribution in [1.29, 1.82) is 0 Å². The predicted molar refractivity (Wildman–Crippen MR) is 102 cm³/mol. The number of aryl methyl sites for hydroxylation is 1. The number of rotatable bonds is 6. The summed E-state index contributed by atoms with van der Waals surface area (Å²) < 4.78 is 25.3. The molecule has 0 spiro atoms. The molecule has 0 aromatic heterocycles. The van der Waals surface area contributed by atoms with Crippen LogP contribution in [-0.2, 0) is 4.79 Å². The summed E-state index contributed by atoms with van der Waals surface area (Å²) in [5.41, 5.74) is 2.19. The molecule has 27 heavy (non-hydrogen) atoms. The number of anilines is 1. The first-order chi connectivity index (χ1) is 12.9. The molecule has 3 rings (SSSR count). The normalized spacial score (nSPS) is 16.8. The van der Waals surface area contributed by atoms with Crippen LogP contribution in [0.1, 0.15) is 22.3 Å². The Balaban J connectivity index is 1.60. The summed E-state index contributed by atoms with van der Waals surface area (Å²) in [6, 6.07) is 14.0. The van der Waals surface area contributed by atoms with E-state index in [2.05, 4.69) is 5.32 Å². The van der Waals surface area contributed by atoms with E-state index < -0.39 is 11.7 Å². The number of nitrogens with one attached hydrogen (secondary N) is 1. The lowest BCUT2D eigenvalue weighted by atomic mass is 10.1. The molecule has 7 heteroatoms. The fourth-order valence-electron chi connectivity index (χ4n) is 3.08. The second-order valence-corrected chi connectivity index (χ2v) is 7.53. The number of alkyl halides is 2. The van der Waals surface area contributed by atoms with Crippen LogP contribution in [-0.4, -0.2) is 30.7 Å². The number of hydrogen-bond acceptors (Lipinski definition) is 3. The average molecular weight is 390 g/mol. The Morgan fingerprint density at radius 1 is 1.22 bits per heavy atom. The highest BCUT2D eigenvalue weighted by atomic mass is 32.2. The maximum absolute atomic E-state index is 12.7. The van der Waals surface area contributed by atoms with Gasteiger partial charge in [0.2, 0.25) is 5.91 Å². The molecule has 1 heterocycles. The molecule has 0 aliphatic carbocycles. The Bertz CT molecular complexity index is 827. The molecule has 1 atom stereocenters. The van der Waals surface area contributed by atoms with Crippen LogP contribution in [0.2, 0.25) is 0 Å². The second kappa shape index (κ2) is 8.52. The van der Waals surface area contributed by atoms with Gasteiger partial charge >= 0.3 is 0 Å². The number of carbonyl (C=O) groups is 2. The predicted octanol–water partition coefficient (Wildman–Crippen LogP) is 4.09. The first-order valence-electron chi connectivity index (χ1n) is 8.63. The molecule has 1 saturated heterocycles. The number of carbonyl (C=O) groups excluding carboxylic acids is 2. The van der Waals surface area contributed by atoms with E-state index in [1.54, 1.807) is 17.0 Å². The maximum Gasteiger partial charge on any atom is 0.288 e. The first kappa shape index (κ1) is 19.4. The van der Waals surface area contributed by atoms with E-state index in [-0.39, 0.29) is 22.3 Å². The summed E-state index contributed by atoms with van der Waals surface area (Å²) in [4.78, 5) is 26.7. The Morgan fingerprint density at radius 3 is 2.63 bits per heavy atom. The number of thioether (sulfide) groups is 1. The summed E-state index contributed by atoms with van der Waals surface area (Å²) in [6.45, 7) is 2.83. The van der Waals surface area contributed by atoms with Gasteiger partial charge in [-0.25, -0.2) is 0 Å². The van der Waals surface area contributed by atoms with Gasteiger partial charge in [0.15, 0.2) is 0 Å². The zero-order valence-electron chi connectivity index (χ0n) is 14.8. The quantitative estimate of drug-likeness (QED) is 0.756. The highest BCUT2D eigenvalue weighted by molar-refractivity contribution is 7.99. The smallest absolute Gasteiger partial charge is 0.288 e. The van der Waals surface area contributed by atoms with E-state index in [1.807, 2.05) is 31.2 Å². The van der Waals surface area contributed by atoms with Crippen LogP contribution < -0.4 is 10.2 Å². The van der Waals surface area contributed by atoms with E-state index in [1.165, 1.54) is 12.1 Å². The lowest BCUT2D eigenvalue weighted by Crippen LogP contribution is -2.31. The van der Waals surface area contributed by atoms with Gasteiger partial charge in [-0.3, -0.25) is 9.59 Å². The van der Waals surface area contributed by atoms with Crippen molar-refractivity contribution in [3.63, 3.8) is 0 Å². The summed E-state index contributed by atoms with van der Waals surface area (Å²) >= 11 is 0.354. The third-order valence-corrected chi connectivity index (χ3v) is 5.24. The molecule has 4 nitrogen and oxygen atoms in total. The number of halogens is 2. The van der Waals surface area contributed by atoms with E-state index in [0.717, 1.165) is 11.3 Å². The Kier molecular flexibility index (Phi) is 6.11. The molecular weight excluding hydrogens is 370 g/mol. The van der Waals surface area contributed by atoms with E-state index in [4.69, 9.17) is 0 Å². The van der Waals surface area contributed by atoms with Gasteiger partial charge in [-0.05, 0) is 31.2 Å². The molecule has 2 aromatic rings. The van der Waals surface area contributed by atoms with Crippen molar-refractivity contribution in [3.05, 3.63) is 59.7 Å². The lowest BCUT2D eigenvalue weighted by molar-refractivity contribution is -0.117. The van der Waals surface area contributed by atoms with Crippen molar-refractivity contribution in [2.45, 2.75) is 24.0 Å². The molecule has 0 saturated carbocycles. The van der Waals surface area contributed by atoms with Crippen molar-refractivity contribution in [2.75, 3.05) is 18.0 Å². The van der Waals surface area contributed by atoms with Crippen molar-refractivity contribution in [3.8, 4) is 0 Å². The minimum absolute atomic E-state index is 0.0160. The summed E-state index contributed by atoms with van der Waals surface area (Å²) in [7, 11) is 0. The third kappa shape index (κ3) is 4.86. The number of hydrogen-bond donors (Lipinski definition) is 1. The average Bonchev–Trinajstić information content (AvgIpc) is 3.01. The molecule has 142 valence electrons. The highest BCUT2D eigenvalue weighted by Gasteiger charge is 2.31. The van der Waals surface area contributed by atoms with Crippen LogP contribution in [0.25, 0.3) is 0 Å². The van der Waals surface area contributed by atoms with E-state index in [9.17, 15) is 18.4 Å². The van der Waals surface area contributed by atoms with E-state index in [0.29, 0.717) is 31.3 Å². The zero-order chi connectivity index (χ0) is 19.4. The molecule has 0 bridgehead atoms. The van der Waals surface area contributed by atoms with Crippen molar-refractivity contribution in [2.24, 2.45) is 5.92 Å². The highest BCUT2D eigenvalue weighted by Crippen LogP contribution is 2.29. The van der Waals surface area contributed by atoms with Crippen LogP contribution >= 0.6 is 11.8 Å². The molecule has 1 unspecified atom stereocenters. The number of amides is 2. The third-order valence-electron chi connectivity index (χ3n) is 4.45. The van der Waals surface area contributed by atoms with Gasteiger partial charge in [0.05, 0.1) is 5.56 Å². The topological polar surface area (TPSA) is 49.4 Å². The Morgan fingerprint density at radius 2 is 1.93 bits per heavy atom. The van der Waals surface area contributed by atoms with Crippen LogP contribution in [0.5, 0.6) is 0 Å². The largest absolute Gasteiger partial charge is 0.352 e. The summed E-state index contributed by atoms with van der Waals surface area (Å²) in [5, 5.41) is 2.78. The minimum Gasteiger partial charge on any atom is -0.352 e. The monoisotopic (exact) mass is 390 g/mol. The zero-order valence-corrected chi connectivity index (χ0v) is 15.6. The molecule has 2 amide bonds. The molecular formula is C20H20F2N2O2S.